The Labute approximate surface area is 127 Å². The number of likely N-dealkylation sites (N-methyl/N-ethyl adjacent to an activating group) is 1. The molecule has 3 nitrogen and oxygen atoms in total. The number of ketones is 1. The largest absolute Gasteiger partial charge is 0.305 e. The van der Waals surface area contributed by atoms with E-state index in [1.807, 2.05) is 11.4 Å². The molecule has 1 atom stereocenters. The third kappa shape index (κ3) is 3.88. The second kappa shape index (κ2) is 6.97. The van der Waals surface area contributed by atoms with Gasteiger partial charge in [0.15, 0.2) is 5.78 Å². The van der Waals surface area contributed by atoms with Crippen molar-refractivity contribution in [3.05, 3.63) is 20.8 Å². The quantitative estimate of drug-likeness (QED) is 0.784. The second-order valence-electron chi connectivity index (χ2n) is 5.17. The summed E-state index contributed by atoms with van der Waals surface area (Å²) in [6.45, 7) is 5.98. The predicted octanol–water partition coefficient (Wildman–Crippen LogP) is 3.11. The molecule has 5 heteroatoms. The molecule has 1 aromatic rings. The van der Waals surface area contributed by atoms with E-state index in [1.54, 1.807) is 0 Å². The molecule has 0 aromatic carbocycles. The Bertz CT molecular complexity index is 435. The van der Waals surface area contributed by atoms with Crippen molar-refractivity contribution in [3.63, 3.8) is 0 Å². The first-order valence-corrected chi connectivity index (χ1v) is 8.48. The van der Waals surface area contributed by atoms with E-state index < -0.39 is 0 Å². The predicted molar refractivity (Wildman–Crippen MR) is 84.1 cm³/mol. The van der Waals surface area contributed by atoms with Crippen molar-refractivity contribution in [2.45, 2.75) is 25.8 Å². The normalized spacial score (nSPS) is 22.4. The number of rotatable bonds is 4. The number of carbonyl (C=O) groups excluding carboxylic acids is 1. The molecule has 0 aliphatic carbocycles. The highest BCUT2D eigenvalue weighted by Crippen LogP contribution is 2.24. The first-order chi connectivity index (χ1) is 9.11. The molecule has 1 aliphatic heterocycles. The molecule has 2 heterocycles. The van der Waals surface area contributed by atoms with Crippen LogP contribution in [0.15, 0.2) is 15.9 Å². The molecule has 106 valence electrons. The molecule has 2 rings (SSSR count). The van der Waals surface area contributed by atoms with Gasteiger partial charge < -0.3 is 4.90 Å². The van der Waals surface area contributed by atoms with Crippen LogP contribution < -0.4 is 0 Å². The van der Waals surface area contributed by atoms with Gasteiger partial charge in [-0.25, -0.2) is 0 Å². The lowest BCUT2D eigenvalue weighted by Crippen LogP contribution is -2.42. The molecule has 0 spiro atoms. The van der Waals surface area contributed by atoms with Gasteiger partial charge in [0.2, 0.25) is 0 Å². The molecule has 0 saturated carbocycles. The highest BCUT2D eigenvalue weighted by molar-refractivity contribution is 9.10. The van der Waals surface area contributed by atoms with Crippen LogP contribution in [-0.4, -0.2) is 54.9 Å². The molecule has 0 radical (unpaired) electrons. The number of Topliss-reactive ketones (excluding diaryl/α,β-unsaturated/α-hetero) is 1. The summed E-state index contributed by atoms with van der Waals surface area (Å²) in [6.07, 6.45) is 2.25. The lowest BCUT2D eigenvalue weighted by atomic mass is 10.1. The van der Waals surface area contributed by atoms with E-state index in [2.05, 4.69) is 39.7 Å². The van der Waals surface area contributed by atoms with Crippen LogP contribution in [0.2, 0.25) is 0 Å². The summed E-state index contributed by atoms with van der Waals surface area (Å²) >= 11 is 4.98. The lowest BCUT2D eigenvalue weighted by Gasteiger charge is -2.29. The van der Waals surface area contributed by atoms with Gasteiger partial charge in [-0.2, -0.15) is 0 Å². The Morgan fingerprint density at radius 3 is 2.95 bits per heavy atom. The second-order valence-corrected chi connectivity index (χ2v) is 6.94. The number of hydrogen-bond donors (Lipinski definition) is 0. The van der Waals surface area contributed by atoms with Gasteiger partial charge in [0.1, 0.15) is 0 Å². The van der Waals surface area contributed by atoms with E-state index in [-0.39, 0.29) is 5.78 Å². The molecule has 1 unspecified atom stereocenters. The summed E-state index contributed by atoms with van der Waals surface area (Å²) in [6, 6.07) is 2.45. The summed E-state index contributed by atoms with van der Waals surface area (Å²) in [7, 11) is 2.17. The first kappa shape index (κ1) is 15.2. The topological polar surface area (TPSA) is 23.6 Å². The highest BCUT2D eigenvalue weighted by Gasteiger charge is 2.25. The van der Waals surface area contributed by atoms with Crippen molar-refractivity contribution in [2.24, 2.45) is 0 Å². The van der Waals surface area contributed by atoms with Crippen LogP contribution in [0.1, 0.15) is 29.4 Å². The average molecular weight is 345 g/mol. The van der Waals surface area contributed by atoms with Crippen LogP contribution in [0.4, 0.5) is 0 Å². The molecule has 1 saturated heterocycles. The lowest BCUT2D eigenvalue weighted by molar-refractivity contribution is 0.0891. The molecule has 19 heavy (non-hydrogen) atoms. The highest BCUT2D eigenvalue weighted by atomic mass is 79.9. The van der Waals surface area contributed by atoms with Crippen molar-refractivity contribution in [1.82, 2.24) is 9.80 Å². The summed E-state index contributed by atoms with van der Waals surface area (Å²) in [5, 5.41) is 1.96. The van der Waals surface area contributed by atoms with Crippen LogP contribution in [0.25, 0.3) is 0 Å². The standard InChI is InChI=1S/C14H21BrN2OS/c1-3-11-9-16(2)6-4-7-17(11)10-13(18)14-12(15)5-8-19-14/h5,8,11H,3-4,6-7,9-10H2,1-2H3. The number of carbonyl (C=O) groups is 1. The van der Waals surface area contributed by atoms with Gasteiger partial charge in [-0.15, -0.1) is 11.3 Å². The fourth-order valence-electron chi connectivity index (χ4n) is 2.64. The Morgan fingerprint density at radius 2 is 2.32 bits per heavy atom. The Morgan fingerprint density at radius 1 is 1.53 bits per heavy atom. The Hall–Kier alpha value is -0.230. The van der Waals surface area contributed by atoms with Crippen molar-refractivity contribution >= 4 is 33.0 Å². The van der Waals surface area contributed by atoms with Crippen molar-refractivity contribution in [1.29, 1.82) is 0 Å². The molecular weight excluding hydrogens is 324 g/mol. The fraction of sp³-hybridized carbons (Fsp3) is 0.643. The number of hydrogen-bond acceptors (Lipinski definition) is 4. The summed E-state index contributed by atoms with van der Waals surface area (Å²) in [4.78, 5) is 18.0. The zero-order chi connectivity index (χ0) is 13.8. The van der Waals surface area contributed by atoms with E-state index in [4.69, 9.17) is 0 Å². The summed E-state index contributed by atoms with van der Waals surface area (Å²) < 4.78 is 0.933. The zero-order valence-corrected chi connectivity index (χ0v) is 14.0. The smallest absolute Gasteiger partial charge is 0.187 e. The maximum absolute atomic E-state index is 12.4. The zero-order valence-electron chi connectivity index (χ0n) is 11.6. The minimum Gasteiger partial charge on any atom is -0.305 e. The minimum atomic E-state index is 0.241. The van der Waals surface area contributed by atoms with Crippen molar-refractivity contribution in [2.75, 3.05) is 33.2 Å². The molecule has 1 fully saturated rings. The van der Waals surface area contributed by atoms with E-state index >= 15 is 0 Å². The van der Waals surface area contributed by atoms with Crippen LogP contribution in [0, 0.1) is 0 Å². The van der Waals surface area contributed by atoms with Crippen LogP contribution >= 0.6 is 27.3 Å². The number of halogens is 1. The Balaban J connectivity index is 2.04. The molecular formula is C14H21BrN2OS. The Kier molecular flexibility index (Phi) is 5.57. The average Bonchev–Trinajstić information content (AvgIpc) is 2.72. The summed E-state index contributed by atoms with van der Waals surface area (Å²) in [5.41, 5.74) is 0. The fourth-order valence-corrected chi connectivity index (χ4v) is 4.16. The third-order valence-corrected chi connectivity index (χ3v) is 5.59. The van der Waals surface area contributed by atoms with Gasteiger partial charge in [0, 0.05) is 23.6 Å². The number of nitrogens with zero attached hydrogens (tertiary/aromatic N) is 2. The van der Waals surface area contributed by atoms with Gasteiger partial charge in [0.05, 0.1) is 11.4 Å². The maximum atomic E-state index is 12.4. The monoisotopic (exact) mass is 344 g/mol. The van der Waals surface area contributed by atoms with Gasteiger partial charge in [0.25, 0.3) is 0 Å². The minimum absolute atomic E-state index is 0.241. The van der Waals surface area contributed by atoms with E-state index in [0.29, 0.717) is 12.6 Å². The first-order valence-electron chi connectivity index (χ1n) is 6.80. The maximum Gasteiger partial charge on any atom is 0.187 e. The number of thiophene rings is 1. The van der Waals surface area contributed by atoms with Crippen LogP contribution in [0.3, 0.4) is 0 Å². The van der Waals surface area contributed by atoms with E-state index in [0.717, 1.165) is 41.8 Å². The van der Waals surface area contributed by atoms with Crippen molar-refractivity contribution in [3.8, 4) is 0 Å². The van der Waals surface area contributed by atoms with Gasteiger partial charge in [-0.05, 0) is 53.8 Å². The van der Waals surface area contributed by atoms with Gasteiger partial charge in [-0.3, -0.25) is 9.69 Å². The van der Waals surface area contributed by atoms with Crippen molar-refractivity contribution < 1.29 is 4.79 Å². The van der Waals surface area contributed by atoms with Gasteiger partial charge >= 0.3 is 0 Å². The molecule has 1 aromatic heterocycles. The molecule has 0 amide bonds. The molecule has 0 N–H and O–H groups in total. The molecule has 0 bridgehead atoms. The third-order valence-electron chi connectivity index (χ3n) is 3.71. The SMILES string of the molecule is CCC1CN(C)CCCN1CC(=O)c1sccc1Br. The van der Waals surface area contributed by atoms with Gasteiger partial charge in [-0.1, -0.05) is 6.92 Å². The van der Waals surface area contributed by atoms with E-state index in [9.17, 15) is 4.79 Å². The van der Waals surface area contributed by atoms with Crippen LogP contribution in [-0.2, 0) is 0 Å². The van der Waals surface area contributed by atoms with Crippen LogP contribution in [0.5, 0.6) is 0 Å². The molecule has 1 aliphatic rings. The summed E-state index contributed by atoms with van der Waals surface area (Å²) in [5.74, 6) is 0.241. The van der Waals surface area contributed by atoms with E-state index in [1.165, 1.54) is 11.3 Å².